The number of benzene rings is 1. The molecular weight excluding hydrogens is 296 g/mol. The van der Waals surface area contributed by atoms with Gasteiger partial charge in [0.2, 0.25) is 0 Å². The van der Waals surface area contributed by atoms with Crippen molar-refractivity contribution in [1.29, 1.82) is 0 Å². The Hall–Kier alpha value is -1.28. The third-order valence-corrected chi connectivity index (χ3v) is 3.82. The minimum Gasteiger partial charge on any atom is -0.459 e. The highest BCUT2D eigenvalue weighted by atomic mass is 35.5. The van der Waals surface area contributed by atoms with Gasteiger partial charge in [0.25, 0.3) is 0 Å². The van der Waals surface area contributed by atoms with Crippen LogP contribution in [-0.4, -0.2) is 12.1 Å². The van der Waals surface area contributed by atoms with Gasteiger partial charge < -0.3 is 4.74 Å². The van der Waals surface area contributed by atoms with Gasteiger partial charge in [-0.2, -0.15) is 0 Å². The molecule has 0 aromatic heterocycles. The van der Waals surface area contributed by atoms with Crippen LogP contribution in [0.3, 0.4) is 0 Å². The van der Waals surface area contributed by atoms with E-state index in [4.69, 9.17) is 16.3 Å². The number of hydrogen-bond acceptors (Lipinski definition) is 2. The first-order valence-electron chi connectivity index (χ1n) is 8.20. The second-order valence-corrected chi connectivity index (χ2v) is 6.30. The van der Waals surface area contributed by atoms with Gasteiger partial charge in [0, 0.05) is 11.1 Å². The van der Waals surface area contributed by atoms with Gasteiger partial charge in [0.05, 0.1) is 0 Å². The summed E-state index contributed by atoms with van der Waals surface area (Å²) in [4.78, 5) is 11.8. The van der Waals surface area contributed by atoms with Crippen LogP contribution in [0.2, 0.25) is 5.02 Å². The third kappa shape index (κ3) is 7.13. The zero-order valence-electron chi connectivity index (χ0n) is 13.8. The molecule has 2 rings (SSSR count). The molecule has 0 amide bonds. The van der Waals surface area contributed by atoms with Crippen molar-refractivity contribution in [2.24, 2.45) is 5.92 Å². The molecular formula is C19H27ClO2. The Labute approximate surface area is 139 Å². The molecule has 0 heterocycles. The van der Waals surface area contributed by atoms with E-state index >= 15 is 0 Å². The Morgan fingerprint density at radius 2 is 2.00 bits per heavy atom. The monoisotopic (exact) mass is 322 g/mol. The molecule has 122 valence electrons. The molecule has 1 saturated carbocycles. The van der Waals surface area contributed by atoms with E-state index in [0.29, 0.717) is 10.9 Å². The number of esters is 1. The molecule has 0 N–H and O–H groups in total. The summed E-state index contributed by atoms with van der Waals surface area (Å²) in [5.41, 5.74) is 0.832. The van der Waals surface area contributed by atoms with Crippen molar-refractivity contribution < 1.29 is 9.53 Å². The van der Waals surface area contributed by atoms with E-state index in [9.17, 15) is 4.79 Å². The molecule has 3 heteroatoms. The Balaban J connectivity index is 0.000000745. The van der Waals surface area contributed by atoms with E-state index in [1.807, 2.05) is 18.2 Å². The van der Waals surface area contributed by atoms with E-state index in [2.05, 4.69) is 20.8 Å². The molecule has 0 bridgehead atoms. The van der Waals surface area contributed by atoms with Crippen molar-refractivity contribution in [3.63, 3.8) is 0 Å². The molecule has 0 radical (unpaired) electrons. The average molecular weight is 323 g/mol. The van der Waals surface area contributed by atoms with Crippen LogP contribution in [0, 0.1) is 5.92 Å². The fourth-order valence-electron chi connectivity index (χ4n) is 2.46. The lowest BCUT2D eigenvalue weighted by Crippen LogP contribution is -2.23. The minimum absolute atomic E-state index is 0.0761. The lowest BCUT2D eigenvalue weighted by Gasteiger charge is -2.25. The molecule has 1 aromatic carbocycles. The summed E-state index contributed by atoms with van der Waals surface area (Å²) >= 11 is 6.02. The average Bonchev–Trinajstić information content (AvgIpc) is 2.47. The summed E-state index contributed by atoms with van der Waals surface area (Å²) in [6.07, 6.45) is 8.84. The van der Waals surface area contributed by atoms with E-state index in [-0.39, 0.29) is 12.1 Å². The molecule has 2 unspecified atom stereocenters. The van der Waals surface area contributed by atoms with Crippen molar-refractivity contribution in [2.45, 2.75) is 59.0 Å². The highest BCUT2D eigenvalue weighted by molar-refractivity contribution is 6.32. The van der Waals surface area contributed by atoms with Crippen molar-refractivity contribution in [1.82, 2.24) is 0 Å². The number of carbonyl (C=O) groups is 1. The van der Waals surface area contributed by atoms with Crippen LogP contribution in [0.5, 0.6) is 0 Å². The van der Waals surface area contributed by atoms with Gasteiger partial charge in [-0.1, -0.05) is 63.4 Å². The summed E-state index contributed by atoms with van der Waals surface area (Å²) in [6, 6.07) is 7.42. The zero-order valence-corrected chi connectivity index (χ0v) is 14.6. The molecule has 2 nitrogen and oxygen atoms in total. The Kier molecular flexibility index (Phi) is 8.91. The van der Waals surface area contributed by atoms with Gasteiger partial charge in [-0.3, -0.25) is 0 Å². The molecule has 0 saturated heterocycles. The zero-order chi connectivity index (χ0) is 16.4. The molecule has 0 aliphatic heterocycles. The predicted molar refractivity (Wildman–Crippen MR) is 94.0 cm³/mol. The summed E-state index contributed by atoms with van der Waals surface area (Å²) in [5.74, 6) is 0.373. The number of halogens is 1. The first-order valence-corrected chi connectivity index (χ1v) is 8.57. The van der Waals surface area contributed by atoms with Gasteiger partial charge in [-0.05, 0) is 42.9 Å². The molecule has 0 spiro atoms. The van der Waals surface area contributed by atoms with Gasteiger partial charge in [0.1, 0.15) is 6.10 Å². The van der Waals surface area contributed by atoms with Crippen LogP contribution in [-0.2, 0) is 9.53 Å². The number of rotatable bonds is 3. The molecule has 2 atom stereocenters. The summed E-state index contributed by atoms with van der Waals surface area (Å²) in [5, 5.41) is 0.637. The molecule has 1 aliphatic rings. The van der Waals surface area contributed by atoms with Crippen molar-refractivity contribution >= 4 is 23.6 Å². The maximum atomic E-state index is 11.8. The van der Waals surface area contributed by atoms with Crippen LogP contribution < -0.4 is 0 Å². The van der Waals surface area contributed by atoms with E-state index < -0.39 is 0 Å². The third-order valence-electron chi connectivity index (χ3n) is 3.48. The molecule has 1 fully saturated rings. The van der Waals surface area contributed by atoms with Crippen LogP contribution in [0.15, 0.2) is 30.3 Å². The van der Waals surface area contributed by atoms with Crippen LogP contribution >= 0.6 is 11.6 Å². The smallest absolute Gasteiger partial charge is 0.331 e. The lowest BCUT2D eigenvalue weighted by molar-refractivity contribution is -0.144. The largest absolute Gasteiger partial charge is 0.459 e. The molecule has 22 heavy (non-hydrogen) atoms. The number of hydrogen-bond donors (Lipinski definition) is 0. The first-order chi connectivity index (χ1) is 10.6. The highest BCUT2D eigenvalue weighted by Crippen LogP contribution is 2.26. The Bertz CT molecular complexity index is 482. The van der Waals surface area contributed by atoms with Crippen LogP contribution in [0.4, 0.5) is 0 Å². The summed E-state index contributed by atoms with van der Waals surface area (Å²) < 4.78 is 5.45. The highest BCUT2D eigenvalue weighted by Gasteiger charge is 2.21. The number of carbonyl (C=O) groups excluding carboxylic acids is 1. The van der Waals surface area contributed by atoms with Crippen molar-refractivity contribution in [2.75, 3.05) is 0 Å². The fraction of sp³-hybridized carbons (Fsp3) is 0.526. The van der Waals surface area contributed by atoms with Crippen LogP contribution in [0.1, 0.15) is 58.4 Å². The molecule has 1 aliphatic carbocycles. The second kappa shape index (κ2) is 10.4. The first kappa shape index (κ1) is 18.8. The van der Waals surface area contributed by atoms with Gasteiger partial charge in [-0.15, -0.1) is 0 Å². The van der Waals surface area contributed by atoms with Gasteiger partial charge in [-0.25, -0.2) is 4.79 Å². The van der Waals surface area contributed by atoms with Crippen molar-refractivity contribution in [3.05, 3.63) is 40.9 Å². The Morgan fingerprint density at radius 1 is 1.32 bits per heavy atom. The normalized spacial score (nSPS) is 21.1. The molecule has 1 aromatic rings. The quantitative estimate of drug-likeness (QED) is 0.512. The van der Waals surface area contributed by atoms with Gasteiger partial charge >= 0.3 is 5.97 Å². The fourth-order valence-corrected chi connectivity index (χ4v) is 2.66. The second-order valence-electron chi connectivity index (χ2n) is 5.89. The minimum atomic E-state index is -0.279. The SMILES string of the molecule is CC1CCCC(OC(=O)/C=C/c2ccccc2Cl)C1.CCC. The van der Waals surface area contributed by atoms with E-state index in [1.165, 1.54) is 18.9 Å². The van der Waals surface area contributed by atoms with E-state index in [0.717, 1.165) is 24.8 Å². The topological polar surface area (TPSA) is 26.3 Å². The Morgan fingerprint density at radius 3 is 2.64 bits per heavy atom. The maximum absolute atomic E-state index is 11.8. The van der Waals surface area contributed by atoms with Crippen LogP contribution in [0.25, 0.3) is 6.08 Å². The van der Waals surface area contributed by atoms with Gasteiger partial charge in [0.15, 0.2) is 0 Å². The maximum Gasteiger partial charge on any atom is 0.331 e. The summed E-state index contributed by atoms with van der Waals surface area (Å²) in [6.45, 7) is 6.46. The number of ether oxygens (including phenoxy) is 1. The predicted octanol–water partition coefficient (Wildman–Crippen LogP) is 5.89. The standard InChI is InChI=1S/C16H19ClO2.C3H8/c1-12-5-4-7-14(11-12)19-16(18)10-9-13-6-2-3-8-15(13)17;1-3-2/h2-3,6,8-10,12,14H,4-5,7,11H2,1H3;3H2,1-2H3/b10-9+;. The van der Waals surface area contributed by atoms with Crippen molar-refractivity contribution in [3.8, 4) is 0 Å². The lowest BCUT2D eigenvalue weighted by atomic mass is 9.89. The summed E-state index contributed by atoms with van der Waals surface area (Å²) in [7, 11) is 0. The van der Waals surface area contributed by atoms with E-state index in [1.54, 1.807) is 12.1 Å².